The van der Waals surface area contributed by atoms with E-state index >= 15 is 0 Å². The first kappa shape index (κ1) is 21.1. The molecule has 1 saturated heterocycles. The van der Waals surface area contributed by atoms with E-state index in [1.54, 1.807) is 36.4 Å². The molecule has 3 aromatic carbocycles. The molecule has 0 aromatic heterocycles. The molecule has 1 heterocycles. The molecule has 31 heavy (non-hydrogen) atoms. The molecule has 1 aliphatic rings. The first-order valence-corrected chi connectivity index (χ1v) is 10.7. The van der Waals surface area contributed by atoms with E-state index in [1.165, 1.54) is 37.1 Å². The maximum Gasteiger partial charge on any atom is 0.271 e. The van der Waals surface area contributed by atoms with Crippen molar-refractivity contribution < 1.29 is 9.18 Å². The predicted octanol–water partition coefficient (Wildman–Crippen LogP) is 5.65. The molecule has 0 atom stereocenters. The number of carbonyl (C=O) groups is 1. The van der Waals surface area contributed by atoms with Gasteiger partial charge in [-0.05, 0) is 73.9 Å². The van der Waals surface area contributed by atoms with Crippen LogP contribution in [0.2, 0.25) is 5.02 Å². The smallest absolute Gasteiger partial charge is 0.271 e. The number of amides is 1. The van der Waals surface area contributed by atoms with Gasteiger partial charge in [0.05, 0.1) is 5.71 Å². The van der Waals surface area contributed by atoms with Gasteiger partial charge in [0.25, 0.3) is 5.91 Å². The van der Waals surface area contributed by atoms with Crippen LogP contribution in [0.5, 0.6) is 0 Å². The quantitative estimate of drug-likeness (QED) is 0.415. The topological polar surface area (TPSA) is 44.7 Å². The lowest BCUT2D eigenvalue weighted by molar-refractivity contribution is 0.0955. The molecule has 0 bridgehead atoms. The first-order valence-electron chi connectivity index (χ1n) is 10.3. The summed E-state index contributed by atoms with van der Waals surface area (Å²) in [7, 11) is 0. The Bertz CT molecular complexity index is 1070. The Morgan fingerprint density at radius 1 is 0.871 bits per heavy atom. The van der Waals surface area contributed by atoms with Crippen molar-refractivity contribution in [1.82, 2.24) is 5.43 Å². The molecular formula is C25H23ClFN3O. The Balaban J connectivity index is 1.62. The number of hydrogen-bond acceptors (Lipinski definition) is 3. The normalized spacial score (nSPS) is 14.4. The Labute approximate surface area is 186 Å². The van der Waals surface area contributed by atoms with Crippen molar-refractivity contribution in [3.05, 3.63) is 100 Å². The molecule has 0 spiro atoms. The monoisotopic (exact) mass is 435 g/mol. The first-order chi connectivity index (χ1) is 15.1. The van der Waals surface area contributed by atoms with Crippen LogP contribution >= 0.6 is 11.6 Å². The third kappa shape index (κ3) is 5.30. The molecule has 1 fully saturated rings. The number of piperidine rings is 1. The third-order valence-corrected chi connectivity index (χ3v) is 5.57. The zero-order valence-electron chi connectivity index (χ0n) is 17.0. The highest BCUT2D eigenvalue weighted by molar-refractivity contribution is 6.31. The van der Waals surface area contributed by atoms with Crippen LogP contribution < -0.4 is 10.3 Å². The van der Waals surface area contributed by atoms with Crippen LogP contribution in [0.3, 0.4) is 0 Å². The lowest BCUT2D eigenvalue weighted by Crippen LogP contribution is -2.29. The van der Waals surface area contributed by atoms with Crippen molar-refractivity contribution in [3.63, 3.8) is 0 Å². The highest BCUT2D eigenvalue weighted by Crippen LogP contribution is 2.22. The summed E-state index contributed by atoms with van der Waals surface area (Å²) < 4.78 is 13.5. The van der Waals surface area contributed by atoms with Gasteiger partial charge in [-0.2, -0.15) is 5.10 Å². The van der Waals surface area contributed by atoms with Gasteiger partial charge in [0.2, 0.25) is 0 Å². The second-order valence-corrected chi connectivity index (χ2v) is 7.95. The fourth-order valence-corrected chi connectivity index (χ4v) is 3.88. The second kappa shape index (κ2) is 9.75. The molecule has 0 aliphatic carbocycles. The summed E-state index contributed by atoms with van der Waals surface area (Å²) in [6.45, 7) is 2.13. The Hall–Kier alpha value is -3.18. The average Bonchev–Trinajstić information content (AvgIpc) is 2.81. The van der Waals surface area contributed by atoms with Gasteiger partial charge in [-0.15, -0.1) is 0 Å². The maximum atomic E-state index is 13.5. The molecule has 1 amide bonds. The SMILES string of the molecule is O=C(N/N=C(/c1ccc(F)cc1)c1ccc(N2CCCCC2)cc1)c1cccc(Cl)c1. The molecule has 158 valence electrons. The van der Waals surface area contributed by atoms with Gasteiger partial charge in [-0.25, -0.2) is 9.82 Å². The molecule has 6 heteroatoms. The third-order valence-electron chi connectivity index (χ3n) is 5.34. The minimum Gasteiger partial charge on any atom is -0.372 e. The molecule has 4 nitrogen and oxygen atoms in total. The van der Waals surface area contributed by atoms with Crippen molar-refractivity contribution in [2.45, 2.75) is 19.3 Å². The Kier molecular flexibility index (Phi) is 6.63. The lowest BCUT2D eigenvalue weighted by Gasteiger charge is -2.28. The Morgan fingerprint density at radius 2 is 1.52 bits per heavy atom. The summed E-state index contributed by atoms with van der Waals surface area (Å²) in [5, 5.41) is 4.86. The number of benzene rings is 3. The van der Waals surface area contributed by atoms with Crippen molar-refractivity contribution in [2.75, 3.05) is 18.0 Å². The summed E-state index contributed by atoms with van der Waals surface area (Å²) in [6.07, 6.45) is 3.70. The minimum absolute atomic E-state index is 0.327. The van der Waals surface area contributed by atoms with Gasteiger partial charge in [-0.1, -0.05) is 29.8 Å². The van der Waals surface area contributed by atoms with Crippen LogP contribution in [-0.2, 0) is 0 Å². The van der Waals surface area contributed by atoms with Gasteiger partial charge in [0, 0.05) is 40.5 Å². The zero-order chi connectivity index (χ0) is 21.6. The van der Waals surface area contributed by atoms with E-state index in [4.69, 9.17) is 11.6 Å². The second-order valence-electron chi connectivity index (χ2n) is 7.51. The fraction of sp³-hybridized carbons (Fsp3) is 0.200. The number of nitrogens with one attached hydrogen (secondary N) is 1. The van der Waals surface area contributed by atoms with E-state index in [9.17, 15) is 9.18 Å². The number of anilines is 1. The summed E-state index contributed by atoms with van der Waals surface area (Å²) in [6, 6.07) is 20.8. The van der Waals surface area contributed by atoms with Crippen LogP contribution in [0.25, 0.3) is 0 Å². The standard InChI is InChI=1S/C25H23ClFN3O/c26-21-6-4-5-20(17-21)25(31)29-28-24(18-7-11-22(27)12-8-18)19-9-13-23(14-10-19)30-15-2-1-3-16-30/h4-14,17H,1-3,15-16H2,(H,29,31)/b28-24-. The number of hydrogen-bond donors (Lipinski definition) is 1. The van der Waals surface area contributed by atoms with Crippen LogP contribution in [0, 0.1) is 5.82 Å². The number of carbonyl (C=O) groups excluding carboxylic acids is 1. The number of nitrogens with zero attached hydrogens (tertiary/aromatic N) is 2. The summed E-state index contributed by atoms with van der Waals surface area (Å²) in [4.78, 5) is 14.9. The molecule has 4 rings (SSSR count). The highest BCUT2D eigenvalue weighted by Gasteiger charge is 2.13. The summed E-state index contributed by atoms with van der Waals surface area (Å²) in [5.74, 6) is -0.696. The molecule has 0 unspecified atom stereocenters. The molecule has 3 aromatic rings. The van der Waals surface area contributed by atoms with Crippen molar-refractivity contribution in [2.24, 2.45) is 5.10 Å². The predicted molar refractivity (Wildman–Crippen MR) is 123 cm³/mol. The van der Waals surface area contributed by atoms with Gasteiger partial charge in [0.15, 0.2) is 0 Å². The number of rotatable bonds is 5. The molecule has 1 N–H and O–H groups in total. The molecular weight excluding hydrogens is 413 g/mol. The largest absolute Gasteiger partial charge is 0.372 e. The zero-order valence-corrected chi connectivity index (χ0v) is 17.8. The van der Waals surface area contributed by atoms with Crippen LogP contribution in [0.15, 0.2) is 77.9 Å². The van der Waals surface area contributed by atoms with E-state index in [-0.39, 0.29) is 11.7 Å². The lowest BCUT2D eigenvalue weighted by atomic mass is 10.0. The Morgan fingerprint density at radius 3 is 2.16 bits per heavy atom. The maximum absolute atomic E-state index is 13.5. The van der Waals surface area contributed by atoms with Gasteiger partial charge in [0.1, 0.15) is 5.82 Å². The van der Waals surface area contributed by atoms with Gasteiger partial charge < -0.3 is 4.90 Å². The van der Waals surface area contributed by atoms with E-state index in [0.29, 0.717) is 21.9 Å². The van der Waals surface area contributed by atoms with Crippen LogP contribution in [0.1, 0.15) is 40.7 Å². The summed E-state index contributed by atoms with van der Waals surface area (Å²) >= 11 is 5.98. The molecule has 1 aliphatic heterocycles. The van der Waals surface area contributed by atoms with Gasteiger partial charge >= 0.3 is 0 Å². The highest BCUT2D eigenvalue weighted by atomic mass is 35.5. The van der Waals surface area contributed by atoms with E-state index < -0.39 is 0 Å². The molecule has 0 saturated carbocycles. The van der Waals surface area contributed by atoms with Crippen molar-refractivity contribution >= 4 is 28.9 Å². The van der Waals surface area contributed by atoms with E-state index in [0.717, 1.165) is 18.7 Å². The molecule has 0 radical (unpaired) electrons. The number of hydrazone groups is 1. The van der Waals surface area contributed by atoms with Crippen molar-refractivity contribution in [1.29, 1.82) is 0 Å². The van der Waals surface area contributed by atoms with Crippen LogP contribution in [0.4, 0.5) is 10.1 Å². The van der Waals surface area contributed by atoms with Crippen molar-refractivity contribution in [3.8, 4) is 0 Å². The van der Waals surface area contributed by atoms with Crippen LogP contribution in [-0.4, -0.2) is 24.7 Å². The van der Waals surface area contributed by atoms with E-state index in [2.05, 4.69) is 27.6 Å². The average molecular weight is 436 g/mol. The number of halogens is 2. The van der Waals surface area contributed by atoms with E-state index in [1.807, 2.05) is 12.1 Å². The van der Waals surface area contributed by atoms with Gasteiger partial charge in [-0.3, -0.25) is 4.79 Å². The minimum atomic E-state index is -0.368. The summed E-state index contributed by atoms with van der Waals surface area (Å²) in [5.41, 5.74) is 6.28. The fourth-order valence-electron chi connectivity index (χ4n) is 3.69.